The van der Waals surface area contributed by atoms with Crippen LogP contribution >= 0.6 is 0 Å². The monoisotopic (exact) mass is 463 g/mol. The van der Waals surface area contributed by atoms with Crippen LogP contribution in [0.1, 0.15) is 24.0 Å². The van der Waals surface area contributed by atoms with Gasteiger partial charge in [0.05, 0.1) is 0 Å². The molecule has 1 N–H and O–H groups in total. The number of fused-ring (bicyclic) bond motifs is 3. The number of esters is 1. The van der Waals surface area contributed by atoms with Gasteiger partial charge in [0.15, 0.2) is 0 Å². The molecule has 0 saturated heterocycles. The molecule has 1 atom stereocenters. The fraction of sp³-hybridized carbons (Fsp3) is 0.133. The van der Waals surface area contributed by atoms with Crippen LogP contribution in [0.25, 0.3) is 11.1 Å². The Morgan fingerprint density at radius 2 is 1.17 bits per heavy atom. The van der Waals surface area contributed by atoms with Crippen molar-refractivity contribution >= 4 is 23.3 Å². The number of carboxylic acid groups (broad SMARTS) is 1. The Labute approximate surface area is 204 Å². The summed E-state index contributed by atoms with van der Waals surface area (Å²) in [4.78, 5) is 27.9. The summed E-state index contributed by atoms with van der Waals surface area (Å²) in [5.41, 5.74) is 3.54. The van der Waals surface area contributed by atoms with Crippen LogP contribution in [0.5, 0.6) is 0 Å². The summed E-state index contributed by atoms with van der Waals surface area (Å²) < 4.78 is 5.83. The summed E-state index contributed by atoms with van der Waals surface area (Å²) in [7, 11) is 0. The summed E-state index contributed by atoms with van der Waals surface area (Å²) in [5.74, 6) is -2.27. The molecule has 0 aliphatic heterocycles. The fourth-order valence-electron chi connectivity index (χ4n) is 4.83. The van der Waals surface area contributed by atoms with E-state index in [2.05, 4.69) is 12.1 Å². The number of carbonyl (C=O) groups is 2. The molecule has 0 spiro atoms. The molecule has 1 aliphatic carbocycles. The number of carbonyl (C=O) groups excluding carboxylic acids is 1. The van der Waals surface area contributed by atoms with Crippen molar-refractivity contribution in [2.24, 2.45) is 0 Å². The average molecular weight is 464 g/mol. The Hall–Kier alpha value is -4.38. The fourth-order valence-corrected chi connectivity index (χ4v) is 4.83. The van der Waals surface area contributed by atoms with Crippen LogP contribution in [0, 0.1) is 0 Å². The minimum Gasteiger partial charge on any atom is -0.479 e. The van der Waals surface area contributed by atoms with Crippen LogP contribution in [0.15, 0.2) is 109 Å². The van der Waals surface area contributed by atoms with Gasteiger partial charge in [-0.3, -0.25) is 0 Å². The first-order chi connectivity index (χ1) is 17.0. The van der Waals surface area contributed by atoms with Crippen LogP contribution in [0.4, 0.5) is 11.4 Å². The van der Waals surface area contributed by atoms with Gasteiger partial charge < -0.3 is 14.7 Å². The Kier molecular flexibility index (Phi) is 5.83. The summed E-state index contributed by atoms with van der Waals surface area (Å²) in [6.07, 6.45) is 0. The van der Waals surface area contributed by atoms with Crippen molar-refractivity contribution in [1.82, 2.24) is 0 Å². The average Bonchev–Trinajstić information content (AvgIpc) is 3.22. The normalized spacial score (nSPS) is 13.9. The van der Waals surface area contributed by atoms with Gasteiger partial charge in [-0.05, 0) is 53.4 Å². The molecule has 0 radical (unpaired) electrons. The van der Waals surface area contributed by atoms with E-state index in [1.54, 1.807) is 24.3 Å². The van der Waals surface area contributed by atoms with Crippen LogP contribution in [-0.4, -0.2) is 29.2 Å². The van der Waals surface area contributed by atoms with Gasteiger partial charge >= 0.3 is 11.9 Å². The highest BCUT2D eigenvalue weighted by Gasteiger charge is 2.50. The zero-order chi connectivity index (χ0) is 24.4. The molecule has 0 fully saturated rings. The second kappa shape index (κ2) is 9.11. The van der Waals surface area contributed by atoms with Gasteiger partial charge in [-0.25, -0.2) is 9.59 Å². The molecule has 5 nitrogen and oxygen atoms in total. The first-order valence-electron chi connectivity index (χ1n) is 11.5. The van der Waals surface area contributed by atoms with Gasteiger partial charge in [-0.15, -0.1) is 0 Å². The maximum atomic E-state index is 13.6. The highest BCUT2D eigenvalue weighted by Crippen LogP contribution is 2.45. The lowest BCUT2D eigenvalue weighted by Gasteiger charge is -2.37. The number of anilines is 2. The molecule has 0 bridgehead atoms. The van der Waals surface area contributed by atoms with Crippen molar-refractivity contribution in [2.75, 3.05) is 11.5 Å². The molecule has 35 heavy (non-hydrogen) atoms. The van der Waals surface area contributed by atoms with Gasteiger partial charge in [0.25, 0.3) is 0 Å². The number of ether oxygens (including phenoxy) is 1. The molecule has 5 heteroatoms. The molecule has 0 heterocycles. The minimum atomic E-state index is -1.99. The largest absolute Gasteiger partial charge is 0.479 e. The number of benzene rings is 4. The number of carboxylic acids is 1. The third-order valence-corrected chi connectivity index (χ3v) is 6.63. The predicted molar refractivity (Wildman–Crippen MR) is 136 cm³/mol. The summed E-state index contributed by atoms with van der Waals surface area (Å²) in [6.45, 7) is 1.45. The predicted octanol–water partition coefficient (Wildman–Crippen LogP) is 6.02. The van der Waals surface area contributed by atoms with Gasteiger partial charge in [-0.1, -0.05) is 84.9 Å². The van der Waals surface area contributed by atoms with Crippen molar-refractivity contribution in [3.05, 3.63) is 120 Å². The minimum absolute atomic E-state index is 0.0488. The van der Waals surface area contributed by atoms with E-state index < -0.39 is 17.5 Å². The lowest BCUT2D eigenvalue weighted by molar-refractivity contribution is -0.160. The maximum Gasteiger partial charge on any atom is 0.343 e. The second-order valence-electron chi connectivity index (χ2n) is 8.71. The zero-order valence-corrected chi connectivity index (χ0v) is 19.3. The number of nitrogens with zero attached hydrogens (tertiary/aromatic N) is 1. The van der Waals surface area contributed by atoms with Gasteiger partial charge in [0, 0.05) is 17.3 Å². The molecule has 4 aromatic carbocycles. The molecule has 0 saturated carbocycles. The number of rotatable bonds is 7. The third kappa shape index (κ3) is 3.85. The topological polar surface area (TPSA) is 66.8 Å². The molecule has 4 aromatic rings. The van der Waals surface area contributed by atoms with E-state index in [1.165, 1.54) is 11.8 Å². The highest BCUT2D eigenvalue weighted by molar-refractivity contribution is 6.09. The Balaban J connectivity index is 1.50. The molecule has 174 valence electrons. The molecular formula is C30H25NO4. The van der Waals surface area contributed by atoms with Crippen molar-refractivity contribution < 1.29 is 19.4 Å². The summed E-state index contributed by atoms with van der Waals surface area (Å²) >= 11 is 0. The smallest absolute Gasteiger partial charge is 0.343 e. The van der Waals surface area contributed by atoms with E-state index in [1.807, 2.05) is 72.8 Å². The van der Waals surface area contributed by atoms with Gasteiger partial charge in [0.1, 0.15) is 6.61 Å². The van der Waals surface area contributed by atoms with E-state index >= 15 is 0 Å². The molecule has 0 aromatic heterocycles. The molecule has 1 unspecified atom stereocenters. The second-order valence-corrected chi connectivity index (χ2v) is 8.71. The quantitative estimate of drug-likeness (QED) is 0.268. The zero-order valence-electron chi connectivity index (χ0n) is 19.3. The van der Waals surface area contributed by atoms with E-state index in [9.17, 15) is 14.7 Å². The van der Waals surface area contributed by atoms with E-state index in [0.717, 1.165) is 22.3 Å². The molecule has 1 aliphatic rings. The number of para-hydroxylation sites is 2. The summed E-state index contributed by atoms with van der Waals surface area (Å²) in [5, 5.41) is 10.4. The standard InChI is InChI=1S/C30H25NO4/c1-30(28(32)33,31(21-12-4-2-5-13-21)22-14-6-3-7-15-22)29(34)35-20-27-25-18-10-8-16-23(25)24-17-9-11-19-26(24)27/h2-19,27H,20H2,1H3,(H,32,33). The van der Waals surface area contributed by atoms with E-state index in [0.29, 0.717) is 11.4 Å². The van der Waals surface area contributed by atoms with E-state index in [-0.39, 0.29) is 12.5 Å². The first kappa shape index (κ1) is 22.4. The molecular weight excluding hydrogens is 438 g/mol. The van der Waals surface area contributed by atoms with Crippen LogP contribution < -0.4 is 4.90 Å². The van der Waals surface area contributed by atoms with Gasteiger partial charge in [-0.2, -0.15) is 0 Å². The van der Waals surface area contributed by atoms with Crippen molar-refractivity contribution in [2.45, 2.75) is 18.4 Å². The number of hydrogen-bond donors (Lipinski definition) is 1. The SMILES string of the molecule is CC(C(=O)O)(C(=O)OCC1c2ccccc2-c2ccccc21)N(c1ccccc1)c1ccccc1. The first-order valence-corrected chi connectivity index (χ1v) is 11.5. The van der Waals surface area contributed by atoms with Crippen molar-refractivity contribution in [3.63, 3.8) is 0 Å². The van der Waals surface area contributed by atoms with E-state index in [4.69, 9.17) is 4.74 Å². The third-order valence-electron chi connectivity index (χ3n) is 6.63. The lowest BCUT2D eigenvalue weighted by atomic mass is 9.96. The highest BCUT2D eigenvalue weighted by atomic mass is 16.5. The lowest BCUT2D eigenvalue weighted by Crippen LogP contribution is -2.57. The Morgan fingerprint density at radius 3 is 1.63 bits per heavy atom. The van der Waals surface area contributed by atoms with Crippen LogP contribution in [-0.2, 0) is 14.3 Å². The Morgan fingerprint density at radius 1 is 0.743 bits per heavy atom. The number of aliphatic carboxylic acids is 1. The van der Waals surface area contributed by atoms with Crippen molar-refractivity contribution in [1.29, 1.82) is 0 Å². The van der Waals surface area contributed by atoms with Crippen LogP contribution in [0.3, 0.4) is 0 Å². The Bertz CT molecular complexity index is 1280. The van der Waals surface area contributed by atoms with Gasteiger partial charge in [0.2, 0.25) is 5.54 Å². The summed E-state index contributed by atoms with van der Waals surface area (Å²) in [6, 6.07) is 34.2. The molecule has 5 rings (SSSR count). The molecule has 0 amide bonds. The van der Waals surface area contributed by atoms with Crippen molar-refractivity contribution in [3.8, 4) is 11.1 Å². The van der Waals surface area contributed by atoms with Crippen LogP contribution in [0.2, 0.25) is 0 Å². The number of hydrogen-bond acceptors (Lipinski definition) is 4. The maximum absolute atomic E-state index is 13.6.